The van der Waals surface area contributed by atoms with Crippen molar-refractivity contribution in [1.29, 1.82) is 0 Å². The van der Waals surface area contributed by atoms with Crippen molar-refractivity contribution in [1.82, 2.24) is 25.4 Å². The Balaban J connectivity index is 1.34. The van der Waals surface area contributed by atoms with Crippen molar-refractivity contribution in [3.63, 3.8) is 0 Å². The van der Waals surface area contributed by atoms with E-state index in [1.165, 1.54) is 4.90 Å². The number of carbonyl (C=O) groups excluding carboxylic acids is 4. The number of imide groups is 1. The van der Waals surface area contributed by atoms with Crippen LogP contribution in [-0.2, 0) is 14.4 Å². The molecular formula is C27H29F2N5O4. The predicted octanol–water partition coefficient (Wildman–Crippen LogP) is 2.43. The number of amides is 5. The molecule has 5 rings (SSSR count). The smallest absolute Gasteiger partial charge is 0.324 e. The summed E-state index contributed by atoms with van der Waals surface area (Å²) in [6.45, 7) is 0.988. The number of nitrogens with one attached hydrogen (secondary N) is 2. The molecule has 3 fully saturated rings. The topological polar surface area (TPSA) is 112 Å². The second kappa shape index (κ2) is 10.5. The van der Waals surface area contributed by atoms with Gasteiger partial charge in [-0.05, 0) is 30.4 Å². The van der Waals surface area contributed by atoms with Crippen LogP contribution < -0.4 is 10.6 Å². The molecule has 3 aliphatic rings. The van der Waals surface area contributed by atoms with Crippen LogP contribution in [0.5, 0.6) is 0 Å². The molecule has 2 aliphatic heterocycles. The van der Waals surface area contributed by atoms with E-state index in [-0.39, 0.29) is 25.4 Å². The Hall–Kier alpha value is -3.89. The number of benzene rings is 1. The number of carbonyl (C=O) groups is 4. The first-order chi connectivity index (χ1) is 18.2. The highest BCUT2D eigenvalue weighted by Gasteiger charge is 2.42. The second-order valence-electron chi connectivity index (χ2n) is 10.2. The van der Waals surface area contributed by atoms with E-state index in [1.807, 2.05) is 6.07 Å². The Morgan fingerprint density at radius 1 is 1.13 bits per heavy atom. The van der Waals surface area contributed by atoms with Gasteiger partial charge in [0.2, 0.25) is 23.7 Å². The first-order valence-corrected chi connectivity index (χ1v) is 12.8. The summed E-state index contributed by atoms with van der Waals surface area (Å²) in [5, 5.41) is 5.03. The van der Waals surface area contributed by atoms with Gasteiger partial charge in [-0.3, -0.25) is 19.7 Å². The minimum absolute atomic E-state index is 0.0460. The fourth-order valence-corrected chi connectivity index (χ4v) is 5.03. The summed E-state index contributed by atoms with van der Waals surface area (Å²) in [6.07, 6.45) is 0.207. The number of aromatic nitrogens is 1. The Labute approximate surface area is 218 Å². The van der Waals surface area contributed by atoms with Crippen molar-refractivity contribution in [3.05, 3.63) is 65.2 Å². The fourth-order valence-electron chi connectivity index (χ4n) is 5.03. The van der Waals surface area contributed by atoms with E-state index in [1.54, 1.807) is 43.3 Å². The molecule has 1 saturated carbocycles. The molecule has 3 heterocycles. The zero-order valence-electron chi connectivity index (χ0n) is 20.9. The second-order valence-corrected chi connectivity index (χ2v) is 10.2. The Morgan fingerprint density at radius 3 is 2.55 bits per heavy atom. The number of nitrogens with zero attached hydrogens (tertiary/aromatic N) is 3. The molecule has 4 atom stereocenters. The number of rotatable bonds is 7. The van der Waals surface area contributed by atoms with Crippen molar-refractivity contribution in [3.8, 4) is 0 Å². The van der Waals surface area contributed by atoms with Crippen LogP contribution in [-0.4, -0.2) is 70.4 Å². The number of pyridine rings is 1. The van der Waals surface area contributed by atoms with Gasteiger partial charge in [0, 0.05) is 18.5 Å². The zero-order valence-corrected chi connectivity index (χ0v) is 20.9. The van der Waals surface area contributed by atoms with Crippen LogP contribution in [0.3, 0.4) is 0 Å². The number of hydrogen-bond acceptors (Lipinski definition) is 5. The van der Waals surface area contributed by atoms with Gasteiger partial charge in [0.1, 0.15) is 18.8 Å². The highest BCUT2D eigenvalue weighted by molar-refractivity contribution is 5.99. The summed E-state index contributed by atoms with van der Waals surface area (Å²) in [4.78, 5) is 56.9. The normalized spacial score (nSPS) is 24.2. The van der Waals surface area contributed by atoms with Crippen molar-refractivity contribution in [2.24, 2.45) is 5.92 Å². The van der Waals surface area contributed by atoms with Gasteiger partial charge in [-0.1, -0.05) is 43.3 Å². The van der Waals surface area contributed by atoms with Gasteiger partial charge in [0.25, 0.3) is 0 Å². The molecule has 2 N–H and O–H groups in total. The summed E-state index contributed by atoms with van der Waals surface area (Å²) in [7, 11) is 0. The van der Waals surface area contributed by atoms with Gasteiger partial charge in [-0.2, -0.15) is 4.39 Å². The minimum Gasteiger partial charge on any atom is -0.342 e. The lowest BCUT2D eigenvalue weighted by atomic mass is 10.0. The lowest BCUT2D eigenvalue weighted by molar-refractivity contribution is -0.139. The molecular weight excluding hydrogens is 496 g/mol. The summed E-state index contributed by atoms with van der Waals surface area (Å²) in [5.41, 5.74) is 1.50. The van der Waals surface area contributed by atoms with Crippen LogP contribution in [0.2, 0.25) is 0 Å². The van der Waals surface area contributed by atoms with Crippen molar-refractivity contribution in [2.45, 2.75) is 50.4 Å². The fraction of sp³-hybridized carbons (Fsp3) is 0.444. The van der Waals surface area contributed by atoms with Crippen molar-refractivity contribution < 1.29 is 28.0 Å². The van der Waals surface area contributed by atoms with E-state index in [0.29, 0.717) is 16.8 Å². The van der Waals surface area contributed by atoms with Gasteiger partial charge in [-0.25, -0.2) is 14.2 Å². The highest BCUT2D eigenvalue weighted by Crippen LogP contribution is 2.41. The molecule has 0 spiro atoms. The number of alkyl halides is 1. The molecule has 1 aliphatic carbocycles. The summed E-state index contributed by atoms with van der Waals surface area (Å²) in [5.74, 6) is -2.54. The third kappa shape index (κ3) is 5.36. The van der Waals surface area contributed by atoms with Crippen LogP contribution in [0.15, 0.2) is 42.5 Å². The van der Waals surface area contributed by atoms with Gasteiger partial charge in [-0.15, -0.1) is 0 Å². The van der Waals surface area contributed by atoms with Gasteiger partial charge in [0.15, 0.2) is 0 Å². The molecule has 5 amide bonds. The summed E-state index contributed by atoms with van der Waals surface area (Å²) < 4.78 is 29.3. The van der Waals surface area contributed by atoms with E-state index in [9.17, 15) is 28.0 Å². The first-order valence-electron chi connectivity index (χ1n) is 12.8. The molecule has 1 aromatic heterocycles. The highest BCUT2D eigenvalue weighted by atomic mass is 19.1. The monoisotopic (exact) mass is 525 g/mol. The predicted molar refractivity (Wildman–Crippen MR) is 132 cm³/mol. The van der Waals surface area contributed by atoms with Crippen molar-refractivity contribution >= 4 is 23.8 Å². The lowest BCUT2D eigenvalue weighted by Crippen LogP contribution is -2.57. The average molecular weight is 526 g/mol. The SMILES string of the molecule is CC1CN(CC(=O)N2C[C@H](F)C[C@H]2C(=O)N[C@@H](c2ccccc2)c2ccc(C3CC3)c(F)n2)C(=O)NC1=O. The van der Waals surface area contributed by atoms with Crippen LogP contribution in [0.1, 0.15) is 55.0 Å². The standard InChI is InChI=1S/C27H29F2N5O4/c1-15-12-33(27(38)32-25(15)36)14-22(35)34-13-18(28)11-21(34)26(37)31-23(17-5-3-2-4-6-17)20-10-9-19(16-7-8-16)24(29)30-20/h2-6,9-10,15-16,18,21,23H,7-8,11-14H2,1H3,(H,31,37)(H,32,36,38)/t15?,18-,21+,23+/m1/s1. The van der Waals surface area contributed by atoms with Crippen LogP contribution >= 0.6 is 0 Å². The Bertz CT molecular complexity index is 1260. The molecule has 200 valence electrons. The molecule has 38 heavy (non-hydrogen) atoms. The maximum absolute atomic E-state index is 14.8. The van der Waals surface area contributed by atoms with Crippen LogP contribution in [0, 0.1) is 11.9 Å². The molecule has 11 heteroatoms. The van der Waals surface area contributed by atoms with Crippen LogP contribution in [0.4, 0.5) is 13.6 Å². The first kappa shape index (κ1) is 25.7. The molecule has 9 nitrogen and oxygen atoms in total. The lowest BCUT2D eigenvalue weighted by Gasteiger charge is -2.32. The van der Waals surface area contributed by atoms with Crippen LogP contribution in [0.25, 0.3) is 0 Å². The molecule has 1 unspecified atom stereocenters. The molecule has 0 bridgehead atoms. The number of hydrogen-bond donors (Lipinski definition) is 2. The van der Waals surface area contributed by atoms with Gasteiger partial charge < -0.3 is 15.1 Å². The number of halogens is 2. The molecule has 0 radical (unpaired) electrons. The van der Waals surface area contributed by atoms with E-state index in [4.69, 9.17) is 0 Å². The number of urea groups is 1. The third-order valence-corrected chi connectivity index (χ3v) is 7.29. The maximum atomic E-state index is 14.8. The van der Waals surface area contributed by atoms with E-state index >= 15 is 0 Å². The summed E-state index contributed by atoms with van der Waals surface area (Å²) in [6, 6.07) is 9.64. The Morgan fingerprint density at radius 2 is 1.87 bits per heavy atom. The summed E-state index contributed by atoms with van der Waals surface area (Å²) >= 11 is 0. The third-order valence-electron chi connectivity index (χ3n) is 7.29. The van der Waals surface area contributed by atoms with Gasteiger partial charge >= 0.3 is 6.03 Å². The van der Waals surface area contributed by atoms with Gasteiger partial charge in [0.05, 0.1) is 24.2 Å². The maximum Gasteiger partial charge on any atom is 0.324 e. The van der Waals surface area contributed by atoms with E-state index in [0.717, 1.165) is 17.7 Å². The largest absolute Gasteiger partial charge is 0.342 e. The minimum atomic E-state index is -1.42. The molecule has 2 saturated heterocycles. The van der Waals surface area contributed by atoms with Crippen molar-refractivity contribution in [2.75, 3.05) is 19.6 Å². The van der Waals surface area contributed by atoms with E-state index < -0.39 is 60.4 Å². The zero-order chi connectivity index (χ0) is 27.0. The molecule has 1 aromatic carbocycles. The van der Waals surface area contributed by atoms with E-state index in [2.05, 4.69) is 15.6 Å². The molecule has 2 aromatic rings. The Kier molecular flexibility index (Phi) is 7.09. The number of likely N-dealkylation sites (tertiary alicyclic amines) is 1. The average Bonchev–Trinajstić information content (AvgIpc) is 3.66. The quantitative estimate of drug-likeness (QED) is 0.540.